The first-order chi connectivity index (χ1) is 9.11. The molecule has 1 aromatic rings. The second-order valence-electron chi connectivity index (χ2n) is 5.70. The maximum Gasteiger partial charge on any atom is 0.254 e. The molecule has 2 fully saturated rings. The molecule has 2 N–H and O–H groups in total. The lowest BCUT2D eigenvalue weighted by molar-refractivity contribution is 0.0739. The SMILES string of the molecule is Nc1cc(C(=O)N(CC2CC2)CC2CC2)cc(Cl)n1. The van der Waals surface area contributed by atoms with Gasteiger partial charge in [0.25, 0.3) is 5.91 Å². The van der Waals surface area contributed by atoms with Crippen LogP contribution in [0.2, 0.25) is 5.15 Å². The number of anilines is 1. The van der Waals surface area contributed by atoms with Gasteiger partial charge in [0, 0.05) is 18.7 Å². The average Bonchev–Trinajstić information content (AvgIpc) is 3.20. The molecule has 0 unspecified atom stereocenters. The number of rotatable bonds is 5. The van der Waals surface area contributed by atoms with E-state index in [4.69, 9.17) is 17.3 Å². The minimum absolute atomic E-state index is 0.0369. The van der Waals surface area contributed by atoms with Gasteiger partial charge in [0.05, 0.1) is 0 Å². The predicted molar refractivity (Wildman–Crippen MR) is 75.0 cm³/mol. The molecule has 2 saturated carbocycles. The number of nitrogens with two attached hydrogens (primary N) is 1. The first-order valence-electron chi connectivity index (χ1n) is 6.84. The van der Waals surface area contributed by atoms with Crippen molar-refractivity contribution in [1.82, 2.24) is 9.88 Å². The van der Waals surface area contributed by atoms with E-state index < -0.39 is 0 Å². The van der Waals surface area contributed by atoms with Gasteiger partial charge in [-0.15, -0.1) is 0 Å². The molecule has 0 saturated heterocycles. The Morgan fingerprint density at radius 3 is 2.32 bits per heavy atom. The van der Waals surface area contributed by atoms with E-state index in [0.29, 0.717) is 23.2 Å². The van der Waals surface area contributed by atoms with Crippen LogP contribution in [0.4, 0.5) is 5.82 Å². The number of pyridine rings is 1. The Bertz CT molecular complexity index is 463. The minimum atomic E-state index is 0.0369. The Hall–Kier alpha value is -1.29. The molecule has 2 aliphatic carbocycles. The summed E-state index contributed by atoms with van der Waals surface area (Å²) in [4.78, 5) is 18.4. The lowest BCUT2D eigenvalue weighted by Gasteiger charge is -2.22. The molecule has 0 aliphatic heterocycles. The number of halogens is 1. The van der Waals surface area contributed by atoms with Gasteiger partial charge in [-0.1, -0.05) is 11.6 Å². The van der Waals surface area contributed by atoms with Crippen molar-refractivity contribution in [2.75, 3.05) is 18.8 Å². The Morgan fingerprint density at radius 1 is 1.26 bits per heavy atom. The summed E-state index contributed by atoms with van der Waals surface area (Å²) in [5.41, 5.74) is 6.21. The normalized spacial score (nSPS) is 18.4. The zero-order valence-electron chi connectivity index (χ0n) is 10.8. The van der Waals surface area contributed by atoms with Gasteiger partial charge in [-0.3, -0.25) is 4.79 Å². The van der Waals surface area contributed by atoms with Crippen molar-refractivity contribution in [3.8, 4) is 0 Å². The van der Waals surface area contributed by atoms with E-state index >= 15 is 0 Å². The van der Waals surface area contributed by atoms with Crippen LogP contribution in [-0.4, -0.2) is 28.9 Å². The summed E-state index contributed by atoms with van der Waals surface area (Å²) in [6.45, 7) is 1.74. The lowest BCUT2D eigenvalue weighted by Crippen LogP contribution is -2.34. The van der Waals surface area contributed by atoms with Crippen LogP contribution in [0.25, 0.3) is 0 Å². The van der Waals surface area contributed by atoms with Crippen LogP contribution in [-0.2, 0) is 0 Å². The highest BCUT2D eigenvalue weighted by Crippen LogP contribution is 2.34. The smallest absolute Gasteiger partial charge is 0.254 e. The van der Waals surface area contributed by atoms with Crippen molar-refractivity contribution < 1.29 is 4.79 Å². The van der Waals surface area contributed by atoms with Gasteiger partial charge in [-0.25, -0.2) is 4.98 Å². The van der Waals surface area contributed by atoms with Crippen LogP contribution in [0.1, 0.15) is 36.0 Å². The molecule has 4 nitrogen and oxygen atoms in total. The van der Waals surface area contributed by atoms with E-state index in [0.717, 1.165) is 13.1 Å². The van der Waals surface area contributed by atoms with Gasteiger partial charge >= 0.3 is 0 Å². The molecule has 3 rings (SSSR count). The van der Waals surface area contributed by atoms with Crippen molar-refractivity contribution in [2.24, 2.45) is 11.8 Å². The first kappa shape index (κ1) is 12.7. The Labute approximate surface area is 117 Å². The van der Waals surface area contributed by atoms with Crippen molar-refractivity contribution in [3.05, 3.63) is 22.8 Å². The number of nitrogens with zero attached hydrogens (tertiary/aromatic N) is 2. The number of carbonyl (C=O) groups is 1. The van der Waals surface area contributed by atoms with Gasteiger partial charge in [-0.2, -0.15) is 0 Å². The van der Waals surface area contributed by atoms with E-state index in [2.05, 4.69) is 4.98 Å². The molecule has 102 valence electrons. The molecule has 19 heavy (non-hydrogen) atoms. The van der Waals surface area contributed by atoms with E-state index in [-0.39, 0.29) is 11.1 Å². The van der Waals surface area contributed by atoms with Gasteiger partial charge < -0.3 is 10.6 Å². The summed E-state index contributed by atoms with van der Waals surface area (Å²) in [6, 6.07) is 3.22. The van der Waals surface area contributed by atoms with Crippen molar-refractivity contribution >= 4 is 23.3 Å². The summed E-state index contributed by atoms with van der Waals surface area (Å²) in [5, 5.41) is 0.279. The molecular weight excluding hydrogens is 262 g/mol. The maximum absolute atomic E-state index is 12.6. The molecule has 0 atom stereocenters. The molecule has 5 heteroatoms. The Balaban J connectivity index is 1.76. The number of aromatic nitrogens is 1. The van der Waals surface area contributed by atoms with E-state index in [9.17, 15) is 4.79 Å². The number of amides is 1. The third kappa shape index (κ3) is 3.38. The fourth-order valence-electron chi connectivity index (χ4n) is 2.29. The minimum Gasteiger partial charge on any atom is -0.384 e. The van der Waals surface area contributed by atoms with E-state index in [1.54, 1.807) is 12.1 Å². The summed E-state index contributed by atoms with van der Waals surface area (Å²) >= 11 is 5.87. The van der Waals surface area contributed by atoms with Crippen molar-refractivity contribution in [3.63, 3.8) is 0 Å². The number of hydrogen-bond donors (Lipinski definition) is 1. The Morgan fingerprint density at radius 2 is 1.84 bits per heavy atom. The lowest BCUT2D eigenvalue weighted by atomic mass is 10.2. The number of nitrogen functional groups attached to an aromatic ring is 1. The highest BCUT2D eigenvalue weighted by molar-refractivity contribution is 6.29. The van der Waals surface area contributed by atoms with Crippen molar-refractivity contribution in [2.45, 2.75) is 25.7 Å². The van der Waals surface area contributed by atoms with Crippen LogP contribution in [0, 0.1) is 11.8 Å². The van der Waals surface area contributed by atoms with Crippen LogP contribution in [0.15, 0.2) is 12.1 Å². The second kappa shape index (κ2) is 5.00. The largest absolute Gasteiger partial charge is 0.384 e. The van der Waals surface area contributed by atoms with Crippen molar-refractivity contribution in [1.29, 1.82) is 0 Å². The van der Waals surface area contributed by atoms with Crippen LogP contribution in [0.5, 0.6) is 0 Å². The number of carbonyl (C=O) groups excluding carboxylic acids is 1. The molecule has 1 amide bonds. The molecule has 2 aliphatic rings. The monoisotopic (exact) mass is 279 g/mol. The van der Waals surface area contributed by atoms with Gasteiger partial charge in [0.2, 0.25) is 0 Å². The summed E-state index contributed by atoms with van der Waals surface area (Å²) in [7, 11) is 0. The molecular formula is C14H18ClN3O. The summed E-state index contributed by atoms with van der Waals surface area (Å²) in [6.07, 6.45) is 4.97. The third-order valence-electron chi connectivity index (χ3n) is 3.70. The molecule has 1 heterocycles. The first-order valence-corrected chi connectivity index (χ1v) is 7.22. The molecule has 0 radical (unpaired) electrons. The van der Waals surface area contributed by atoms with Gasteiger partial charge in [0.1, 0.15) is 11.0 Å². The van der Waals surface area contributed by atoms with E-state index in [1.807, 2.05) is 4.90 Å². The molecule has 0 spiro atoms. The van der Waals surface area contributed by atoms with Crippen LogP contribution >= 0.6 is 11.6 Å². The summed E-state index contributed by atoms with van der Waals surface area (Å²) < 4.78 is 0. The van der Waals surface area contributed by atoms with Gasteiger partial charge in [-0.05, 0) is 49.7 Å². The summed E-state index contributed by atoms with van der Waals surface area (Å²) in [5.74, 6) is 1.72. The fraction of sp³-hybridized carbons (Fsp3) is 0.571. The zero-order chi connectivity index (χ0) is 13.4. The zero-order valence-corrected chi connectivity index (χ0v) is 11.6. The molecule has 0 aromatic carbocycles. The maximum atomic E-state index is 12.6. The standard InChI is InChI=1S/C14H18ClN3O/c15-12-5-11(6-13(16)17-12)14(19)18(7-9-1-2-9)8-10-3-4-10/h5-6,9-10H,1-4,7-8H2,(H2,16,17). The fourth-order valence-corrected chi connectivity index (χ4v) is 2.50. The molecule has 0 bridgehead atoms. The Kier molecular flexibility index (Phi) is 3.35. The molecule has 1 aromatic heterocycles. The van der Waals surface area contributed by atoms with E-state index in [1.165, 1.54) is 25.7 Å². The average molecular weight is 280 g/mol. The highest BCUT2D eigenvalue weighted by atomic mass is 35.5. The predicted octanol–water partition coefficient (Wildman–Crippen LogP) is 2.58. The van der Waals surface area contributed by atoms with Crippen LogP contribution < -0.4 is 5.73 Å². The highest BCUT2D eigenvalue weighted by Gasteiger charge is 2.32. The third-order valence-corrected chi connectivity index (χ3v) is 3.89. The number of hydrogen-bond acceptors (Lipinski definition) is 3. The van der Waals surface area contributed by atoms with Crippen LogP contribution in [0.3, 0.4) is 0 Å². The topological polar surface area (TPSA) is 59.2 Å². The quantitative estimate of drug-likeness (QED) is 0.843. The van der Waals surface area contributed by atoms with Gasteiger partial charge in [0.15, 0.2) is 0 Å². The second-order valence-corrected chi connectivity index (χ2v) is 6.09.